The molecule has 1 rings (SSSR count). The van der Waals surface area contributed by atoms with Gasteiger partial charge in [-0.05, 0) is 25.5 Å². The van der Waals surface area contributed by atoms with Crippen molar-refractivity contribution in [2.45, 2.75) is 20.3 Å². The lowest BCUT2D eigenvalue weighted by atomic mass is 10.2. The van der Waals surface area contributed by atoms with Gasteiger partial charge in [-0.15, -0.1) is 0 Å². The number of hydrogen-bond acceptors (Lipinski definition) is 3. The highest BCUT2D eigenvalue weighted by molar-refractivity contribution is 5.50. The third-order valence-electron chi connectivity index (χ3n) is 2.30. The Hall–Kier alpha value is -1.58. The molecule has 0 amide bonds. The SMILES string of the molecule is CCCN(CC)c1ccc([N+](=O)[O-])cc1. The molecule has 0 radical (unpaired) electrons. The van der Waals surface area contributed by atoms with Gasteiger partial charge in [0.15, 0.2) is 0 Å². The molecule has 82 valence electrons. The fraction of sp³-hybridized carbons (Fsp3) is 0.455. The number of rotatable bonds is 5. The standard InChI is InChI=1S/C11H16N2O2/c1-3-9-12(4-2)10-5-7-11(8-6-10)13(14)15/h5-8H,3-4,9H2,1-2H3. The summed E-state index contributed by atoms with van der Waals surface area (Å²) in [5.74, 6) is 0. The summed E-state index contributed by atoms with van der Waals surface area (Å²) in [5.41, 5.74) is 1.19. The maximum atomic E-state index is 10.5. The molecule has 0 aliphatic rings. The minimum Gasteiger partial charge on any atom is -0.372 e. The number of anilines is 1. The Morgan fingerprint density at radius 2 is 1.87 bits per heavy atom. The molecule has 0 aliphatic heterocycles. The highest BCUT2D eigenvalue weighted by Crippen LogP contribution is 2.19. The average Bonchev–Trinajstić information content (AvgIpc) is 2.26. The Kier molecular flexibility index (Phi) is 4.09. The van der Waals surface area contributed by atoms with Crippen molar-refractivity contribution < 1.29 is 4.92 Å². The summed E-state index contributed by atoms with van der Waals surface area (Å²) in [6.07, 6.45) is 1.07. The summed E-state index contributed by atoms with van der Waals surface area (Å²) in [4.78, 5) is 12.3. The second kappa shape index (κ2) is 5.34. The molecule has 0 bridgehead atoms. The van der Waals surface area contributed by atoms with Crippen LogP contribution in [0.5, 0.6) is 0 Å². The van der Waals surface area contributed by atoms with Crippen molar-refractivity contribution in [3.05, 3.63) is 34.4 Å². The number of benzene rings is 1. The van der Waals surface area contributed by atoms with Crippen LogP contribution < -0.4 is 4.90 Å². The van der Waals surface area contributed by atoms with E-state index in [9.17, 15) is 10.1 Å². The number of nitro groups is 1. The molecule has 0 aromatic heterocycles. The van der Waals surface area contributed by atoms with Gasteiger partial charge in [0.1, 0.15) is 0 Å². The molecule has 0 unspecified atom stereocenters. The van der Waals surface area contributed by atoms with Crippen LogP contribution in [0.15, 0.2) is 24.3 Å². The number of hydrogen-bond donors (Lipinski definition) is 0. The van der Waals surface area contributed by atoms with E-state index < -0.39 is 0 Å². The minimum atomic E-state index is -0.375. The second-order valence-electron chi connectivity index (χ2n) is 3.35. The predicted octanol–water partition coefficient (Wildman–Crippen LogP) is 2.83. The molecule has 0 aliphatic carbocycles. The van der Waals surface area contributed by atoms with E-state index in [4.69, 9.17) is 0 Å². The van der Waals surface area contributed by atoms with E-state index in [2.05, 4.69) is 18.7 Å². The van der Waals surface area contributed by atoms with Crippen LogP contribution in [0.3, 0.4) is 0 Å². The first-order chi connectivity index (χ1) is 7.19. The summed E-state index contributed by atoms with van der Waals surface area (Å²) in [5, 5.41) is 10.5. The van der Waals surface area contributed by atoms with Gasteiger partial charge in [0.05, 0.1) is 4.92 Å². The summed E-state index contributed by atoms with van der Waals surface area (Å²) in [6.45, 7) is 6.10. The molecule has 0 spiro atoms. The number of nitro benzene ring substituents is 1. The quantitative estimate of drug-likeness (QED) is 0.552. The zero-order valence-corrected chi connectivity index (χ0v) is 9.14. The highest BCUT2D eigenvalue weighted by Gasteiger charge is 2.07. The van der Waals surface area contributed by atoms with Crippen molar-refractivity contribution in [1.82, 2.24) is 0 Å². The molecular weight excluding hydrogens is 192 g/mol. The molecule has 1 aromatic carbocycles. The van der Waals surface area contributed by atoms with E-state index in [1.807, 2.05) is 0 Å². The average molecular weight is 208 g/mol. The first-order valence-electron chi connectivity index (χ1n) is 5.18. The molecule has 0 heterocycles. The van der Waals surface area contributed by atoms with E-state index >= 15 is 0 Å². The molecule has 1 aromatic rings. The molecule has 0 saturated heterocycles. The molecule has 4 heteroatoms. The zero-order valence-electron chi connectivity index (χ0n) is 9.14. The maximum Gasteiger partial charge on any atom is 0.269 e. The number of non-ortho nitro benzene ring substituents is 1. The predicted molar refractivity (Wildman–Crippen MR) is 61.3 cm³/mol. The van der Waals surface area contributed by atoms with Crippen molar-refractivity contribution in [2.24, 2.45) is 0 Å². The summed E-state index contributed by atoms with van der Waals surface area (Å²) >= 11 is 0. The van der Waals surface area contributed by atoms with Gasteiger partial charge in [0, 0.05) is 30.9 Å². The lowest BCUT2D eigenvalue weighted by Gasteiger charge is -2.21. The van der Waals surface area contributed by atoms with Gasteiger partial charge in [-0.3, -0.25) is 10.1 Å². The Morgan fingerprint density at radius 1 is 1.27 bits per heavy atom. The van der Waals surface area contributed by atoms with Gasteiger partial charge < -0.3 is 4.90 Å². The summed E-state index contributed by atoms with van der Waals surface area (Å²) in [6, 6.07) is 6.70. The summed E-state index contributed by atoms with van der Waals surface area (Å²) < 4.78 is 0. The van der Waals surface area contributed by atoms with Gasteiger partial charge >= 0.3 is 0 Å². The van der Waals surface area contributed by atoms with E-state index in [0.29, 0.717) is 0 Å². The fourth-order valence-corrected chi connectivity index (χ4v) is 1.52. The van der Waals surface area contributed by atoms with Crippen LogP contribution in [0, 0.1) is 10.1 Å². The summed E-state index contributed by atoms with van der Waals surface area (Å²) in [7, 11) is 0. The zero-order chi connectivity index (χ0) is 11.3. The van der Waals surface area contributed by atoms with E-state index in [1.165, 1.54) is 0 Å². The molecule has 0 atom stereocenters. The van der Waals surface area contributed by atoms with Gasteiger partial charge in [-0.2, -0.15) is 0 Å². The van der Waals surface area contributed by atoms with E-state index in [-0.39, 0.29) is 10.6 Å². The number of nitrogens with zero attached hydrogens (tertiary/aromatic N) is 2. The molecular formula is C11H16N2O2. The largest absolute Gasteiger partial charge is 0.372 e. The molecule has 0 N–H and O–H groups in total. The lowest BCUT2D eigenvalue weighted by molar-refractivity contribution is -0.384. The van der Waals surface area contributed by atoms with Gasteiger partial charge in [0.2, 0.25) is 0 Å². The van der Waals surface area contributed by atoms with Crippen molar-refractivity contribution >= 4 is 11.4 Å². The third-order valence-corrected chi connectivity index (χ3v) is 2.30. The van der Waals surface area contributed by atoms with Crippen LogP contribution in [-0.2, 0) is 0 Å². The lowest BCUT2D eigenvalue weighted by Crippen LogP contribution is -2.23. The maximum absolute atomic E-state index is 10.5. The Balaban J connectivity index is 2.81. The first kappa shape index (κ1) is 11.5. The van der Waals surface area contributed by atoms with Crippen LogP contribution >= 0.6 is 0 Å². The third kappa shape index (κ3) is 2.94. The molecule has 4 nitrogen and oxygen atoms in total. The molecule has 0 saturated carbocycles. The molecule has 15 heavy (non-hydrogen) atoms. The van der Waals surface area contributed by atoms with Crippen LogP contribution in [0.2, 0.25) is 0 Å². The van der Waals surface area contributed by atoms with E-state index in [1.54, 1.807) is 24.3 Å². The second-order valence-corrected chi connectivity index (χ2v) is 3.35. The van der Waals surface area contributed by atoms with E-state index in [0.717, 1.165) is 25.2 Å². The molecule has 0 fully saturated rings. The van der Waals surface area contributed by atoms with Gasteiger partial charge in [-0.1, -0.05) is 6.92 Å². The Bertz CT molecular complexity index is 322. The van der Waals surface area contributed by atoms with Crippen molar-refractivity contribution in [3.8, 4) is 0 Å². The van der Waals surface area contributed by atoms with Crippen LogP contribution in [0.4, 0.5) is 11.4 Å². The van der Waals surface area contributed by atoms with Crippen molar-refractivity contribution in [1.29, 1.82) is 0 Å². The normalized spacial score (nSPS) is 10.0. The Labute approximate surface area is 89.7 Å². The van der Waals surface area contributed by atoms with Crippen LogP contribution in [-0.4, -0.2) is 18.0 Å². The Morgan fingerprint density at radius 3 is 2.27 bits per heavy atom. The van der Waals surface area contributed by atoms with Crippen molar-refractivity contribution in [2.75, 3.05) is 18.0 Å². The highest BCUT2D eigenvalue weighted by atomic mass is 16.6. The fourth-order valence-electron chi connectivity index (χ4n) is 1.52. The first-order valence-corrected chi connectivity index (χ1v) is 5.18. The van der Waals surface area contributed by atoms with Crippen LogP contribution in [0.25, 0.3) is 0 Å². The smallest absolute Gasteiger partial charge is 0.269 e. The van der Waals surface area contributed by atoms with Gasteiger partial charge in [-0.25, -0.2) is 0 Å². The van der Waals surface area contributed by atoms with Crippen LogP contribution in [0.1, 0.15) is 20.3 Å². The van der Waals surface area contributed by atoms with Gasteiger partial charge in [0.25, 0.3) is 5.69 Å². The van der Waals surface area contributed by atoms with Crippen molar-refractivity contribution in [3.63, 3.8) is 0 Å². The minimum absolute atomic E-state index is 0.145. The topological polar surface area (TPSA) is 46.4 Å². The monoisotopic (exact) mass is 208 g/mol.